The molecule has 110 valence electrons. The molecule has 0 aliphatic carbocycles. The van der Waals surface area contributed by atoms with Crippen molar-refractivity contribution in [2.75, 3.05) is 0 Å². The first kappa shape index (κ1) is 16.4. The molecule has 0 atom stereocenters. The van der Waals surface area contributed by atoms with Gasteiger partial charge in [-0.05, 0) is 11.6 Å². The second-order valence-electron chi connectivity index (χ2n) is 4.34. The molecule has 0 saturated heterocycles. The summed E-state index contributed by atoms with van der Waals surface area (Å²) in [5.41, 5.74) is 1.31. The van der Waals surface area contributed by atoms with Gasteiger partial charge in [-0.15, -0.1) is 0 Å². The Morgan fingerprint density at radius 1 is 1.05 bits per heavy atom. The minimum Gasteiger partial charge on any atom is -0.506 e. The average Bonchev–Trinajstić information content (AvgIpc) is 2.50. The second kappa shape index (κ2) is 6.45. The van der Waals surface area contributed by atoms with Gasteiger partial charge in [-0.3, -0.25) is 4.79 Å². The van der Waals surface area contributed by atoms with Crippen LogP contribution in [0.15, 0.2) is 24.3 Å². The number of benzene rings is 2. The van der Waals surface area contributed by atoms with Crippen molar-refractivity contribution in [3.8, 4) is 16.9 Å². The number of phenolic OH excluding ortho intramolecular Hbond substituents is 1. The Kier molecular flexibility index (Phi) is 5.05. The quantitative estimate of drug-likeness (QED) is 0.396. The molecule has 0 heterocycles. The molecule has 6 heteroatoms. The van der Waals surface area contributed by atoms with E-state index in [9.17, 15) is 9.90 Å². The summed E-state index contributed by atoms with van der Waals surface area (Å²) in [4.78, 5) is 11.8. The fourth-order valence-electron chi connectivity index (χ4n) is 1.94. The molecule has 2 nitrogen and oxygen atoms in total. The number of ketones is 1. The Hall–Kier alpha value is -0.930. The van der Waals surface area contributed by atoms with Gasteiger partial charge in [0.05, 0.1) is 15.1 Å². The molecule has 0 aromatic heterocycles. The molecule has 0 fully saturated rings. The molecule has 0 aliphatic heterocycles. The number of rotatable bonds is 3. The summed E-state index contributed by atoms with van der Waals surface area (Å²) in [5.74, 6) is -0.282. The largest absolute Gasteiger partial charge is 0.506 e. The maximum absolute atomic E-state index is 11.8. The molecule has 0 unspecified atom stereocenters. The Labute approximate surface area is 142 Å². The normalized spacial score (nSPS) is 10.7. The summed E-state index contributed by atoms with van der Waals surface area (Å²) >= 11 is 24.0. The van der Waals surface area contributed by atoms with E-state index in [0.717, 1.165) is 0 Å². The number of aromatic hydroxyl groups is 1. The van der Waals surface area contributed by atoms with Gasteiger partial charge in [-0.25, -0.2) is 0 Å². The zero-order valence-electron chi connectivity index (χ0n) is 10.9. The lowest BCUT2D eigenvalue weighted by Gasteiger charge is -2.13. The van der Waals surface area contributed by atoms with Gasteiger partial charge in [0.1, 0.15) is 10.8 Å². The number of hydrogen-bond donors (Lipinski definition) is 1. The van der Waals surface area contributed by atoms with Crippen molar-refractivity contribution in [3.05, 3.63) is 49.9 Å². The molecule has 0 amide bonds. The first-order chi connectivity index (χ1) is 9.88. The predicted molar refractivity (Wildman–Crippen MR) is 88.2 cm³/mol. The van der Waals surface area contributed by atoms with Gasteiger partial charge in [-0.1, -0.05) is 71.5 Å². The van der Waals surface area contributed by atoms with Crippen molar-refractivity contribution in [1.29, 1.82) is 0 Å². The number of phenols is 1. The monoisotopic (exact) mass is 362 g/mol. The smallest absolute Gasteiger partial charge is 0.162 e. The zero-order valence-corrected chi connectivity index (χ0v) is 13.9. The zero-order chi connectivity index (χ0) is 15.7. The van der Waals surface area contributed by atoms with E-state index < -0.39 is 0 Å². The van der Waals surface area contributed by atoms with Crippen molar-refractivity contribution in [2.24, 2.45) is 0 Å². The molecule has 0 spiro atoms. The van der Waals surface area contributed by atoms with Crippen molar-refractivity contribution < 1.29 is 9.90 Å². The molecule has 0 saturated carbocycles. The Bertz CT molecular complexity index is 697. The SMILES string of the molecule is CCC(=O)c1cccc(-c2c(O)c(Cl)c(Cl)c(Cl)c2Cl)c1. The van der Waals surface area contributed by atoms with Gasteiger partial charge in [0, 0.05) is 17.5 Å². The van der Waals surface area contributed by atoms with E-state index in [1.807, 2.05) is 0 Å². The van der Waals surface area contributed by atoms with Crippen LogP contribution in [0.25, 0.3) is 11.1 Å². The highest BCUT2D eigenvalue weighted by atomic mass is 35.5. The fourth-order valence-corrected chi connectivity index (χ4v) is 2.89. The van der Waals surface area contributed by atoms with E-state index in [-0.39, 0.29) is 37.2 Å². The topological polar surface area (TPSA) is 37.3 Å². The van der Waals surface area contributed by atoms with Gasteiger partial charge < -0.3 is 5.11 Å². The fraction of sp³-hybridized carbons (Fsp3) is 0.133. The molecule has 0 bridgehead atoms. The summed E-state index contributed by atoms with van der Waals surface area (Å²) in [7, 11) is 0. The van der Waals surface area contributed by atoms with Gasteiger partial charge in [0.15, 0.2) is 5.78 Å². The first-order valence-corrected chi connectivity index (χ1v) is 7.58. The van der Waals surface area contributed by atoms with Crippen LogP contribution in [-0.4, -0.2) is 10.9 Å². The minimum atomic E-state index is -0.267. The molecule has 2 aromatic rings. The molecule has 21 heavy (non-hydrogen) atoms. The van der Waals surface area contributed by atoms with E-state index in [1.54, 1.807) is 31.2 Å². The van der Waals surface area contributed by atoms with Gasteiger partial charge in [0.25, 0.3) is 0 Å². The summed E-state index contributed by atoms with van der Waals surface area (Å²) < 4.78 is 0. The number of halogens is 4. The van der Waals surface area contributed by atoms with Crippen LogP contribution < -0.4 is 0 Å². The van der Waals surface area contributed by atoms with Gasteiger partial charge >= 0.3 is 0 Å². The van der Waals surface area contributed by atoms with Crippen LogP contribution in [0.4, 0.5) is 0 Å². The number of Topliss-reactive ketones (excluding diaryl/α,β-unsaturated/α-hetero) is 1. The molecular weight excluding hydrogens is 354 g/mol. The summed E-state index contributed by atoms with van der Waals surface area (Å²) in [6.07, 6.45) is 0.380. The van der Waals surface area contributed by atoms with Crippen LogP contribution >= 0.6 is 46.4 Å². The van der Waals surface area contributed by atoms with Crippen LogP contribution in [-0.2, 0) is 0 Å². The highest BCUT2D eigenvalue weighted by molar-refractivity contribution is 6.53. The van der Waals surface area contributed by atoms with Crippen molar-refractivity contribution >= 4 is 52.2 Å². The summed E-state index contributed by atoms with van der Waals surface area (Å²) in [6.45, 7) is 1.77. The maximum atomic E-state index is 11.8. The lowest BCUT2D eigenvalue weighted by Crippen LogP contribution is -1.96. The van der Waals surface area contributed by atoms with Crippen LogP contribution in [0.1, 0.15) is 23.7 Å². The number of carbonyl (C=O) groups is 1. The predicted octanol–water partition coefficient (Wildman–Crippen LogP) is 6.27. The second-order valence-corrected chi connectivity index (χ2v) is 5.85. The molecule has 2 rings (SSSR count). The molecular formula is C15H10Cl4O2. The van der Waals surface area contributed by atoms with Crippen LogP contribution in [0.5, 0.6) is 5.75 Å². The Morgan fingerprint density at radius 3 is 2.29 bits per heavy atom. The van der Waals surface area contributed by atoms with Crippen molar-refractivity contribution in [1.82, 2.24) is 0 Å². The lowest BCUT2D eigenvalue weighted by atomic mass is 9.99. The third-order valence-corrected chi connectivity index (χ3v) is 4.83. The van der Waals surface area contributed by atoms with Gasteiger partial charge in [-0.2, -0.15) is 0 Å². The minimum absolute atomic E-state index is 0.00891. The lowest BCUT2D eigenvalue weighted by molar-refractivity contribution is 0.0988. The highest BCUT2D eigenvalue weighted by Crippen LogP contribution is 2.49. The first-order valence-electron chi connectivity index (χ1n) is 6.07. The van der Waals surface area contributed by atoms with Crippen LogP contribution in [0.2, 0.25) is 20.1 Å². The molecule has 0 aliphatic rings. The highest BCUT2D eigenvalue weighted by Gasteiger charge is 2.21. The van der Waals surface area contributed by atoms with Gasteiger partial charge in [0.2, 0.25) is 0 Å². The molecule has 2 aromatic carbocycles. The van der Waals surface area contributed by atoms with Crippen LogP contribution in [0, 0.1) is 0 Å². The number of carbonyl (C=O) groups excluding carboxylic acids is 1. The third-order valence-electron chi connectivity index (χ3n) is 3.04. The number of hydrogen-bond acceptors (Lipinski definition) is 2. The van der Waals surface area contributed by atoms with E-state index >= 15 is 0 Å². The van der Waals surface area contributed by atoms with E-state index in [2.05, 4.69) is 0 Å². The molecule has 0 radical (unpaired) electrons. The third kappa shape index (κ3) is 3.00. The van der Waals surface area contributed by atoms with E-state index in [1.165, 1.54) is 0 Å². The molecule has 1 N–H and O–H groups in total. The van der Waals surface area contributed by atoms with Crippen LogP contribution in [0.3, 0.4) is 0 Å². The average molecular weight is 364 g/mol. The Morgan fingerprint density at radius 2 is 1.67 bits per heavy atom. The summed E-state index contributed by atoms with van der Waals surface area (Å²) in [5, 5.41) is 10.2. The van der Waals surface area contributed by atoms with E-state index in [4.69, 9.17) is 46.4 Å². The van der Waals surface area contributed by atoms with Crippen molar-refractivity contribution in [3.63, 3.8) is 0 Å². The van der Waals surface area contributed by atoms with E-state index in [0.29, 0.717) is 17.5 Å². The standard InChI is InChI=1S/C15H10Cl4O2/c1-2-9(20)7-4-3-5-8(6-7)10-11(16)12(17)13(18)14(19)15(10)21/h3-6,21H,2H2,1H3. The Balaban J connectivity index is 2.71. The summed E-state index contributed by atoms with van der Waals surface area (Å²) in [6, 6.07) is 6.73. The van der Waals surface area contributed by atoms with Crippen molar-refractivity contribution in [2.45, 2.75) is 13.3 Å². The maximum Gasteiger partial charge on any atom is 0.162 e.